The average molecular weight is 495 g/mol. The van der Waals surface area contributed by atoms with E-state index in [2.05, 4.69) is 0 Å². The highest BCUT2D eigenvalue weighted by Gasteiger charge is 2.62. The van der Waals surface area contributed by atoms with Gasteiger partial charge in [-0.1, -0.05) is 66.2 Å². The van der Waals surface area contributed by atoms with Crippen molar-refractivity contribution in [2.45, 2.75) is 20.2 Å². The Morgan fingerprint density at radius 1 is 0.812 bits per heavy atom. The maximum Gasteiger partial charge on any atom is 0.346 e. The maximum atomic E-state index is 16.8. The number of methoxy groups -OCH3 is 1. The Morgan fingerprint density at radius 3 is 1.66 bits per heavy atom. The van der Waals surface area contributed by atoms with Gasteiger partial charge in [0.2, 0.25) is 19.7 Å². The molecule has 3 rings (SSSR count). The van der Waals surface area contributed by atoms with E-state index >= 15 is 4.39 Å². The normalized spacial score (nSPS) is 13.8. The molecular formula is C23H20ClFO5S2. The van der Waals surface area contributed by atoms with Crippen LogP contribution in [0.2, 0.25) is 5.02 Å². The highest BCUT2D eigenvalue weighted by atomic mass is 35.5. The van der Waals surface area contributed by atoms with Crippen molar-refractivity contribution >= 4 is 37.4 Å². The molecule has 0 aliphatic carbocycles. The largest absolute Gasteiger partial charge is 0.372 e. The molecule has 0 radical (unpaired) electrons. The third kappa shape index (κ3) is 4.36. The Kier molecular flexibility index (Phi) is 7.19. The second kappa shape index (κ2) is 9.54. The number of benzene rings is 3. The molecule has 0 bridgehead atoms. The van der Waals surface area contributed by atoms with Crippen LogP contribution in [0.15, 0.2) is 101 Å². The molecule has 1 atom stereocenters. The first-order chi connectivity index (χ1) is 15.1. The quantitative estimate of drug-likeness (QED) is 0.443. The average Bonchev–Trinajstić information content (AvgIpc) is 2.81. The van der Waals surface area contributed by atoms with Crippen LogP contribution in [-0.2, 0) is 24.4 Å². The highest BCUT2D eigenvalue weighted by Crippen LogP contribution is 2.41. The molecule has 3 aromatic carbocycles. The summed E-state index contributed by atoms with van der Waals surface area (Å²) < 4.78 is 71.8. The molecule has 0 aromatic heterocycles. The number of hydrogen-bond donors (Lipinski definition) is 0. The van der Waals surface area contributed by atoms with Gasteiger partial charge >= 0.3 is 4.33 Å². The van der Waals surface area contributed by atoms with Gasteiger partial charge in [-0.05, 0) is 48.0 Å². The lowest BCUT2D eigenvalue weighted by Gasteiger charge is -2.30. The van der Waals surface area contributed by atoms with Crippen molar-refractivity contribution in [3.8, 4) is 0 Å². The minimum absolute atomic E-state index is 0.476. The zero-order valence-electron chi connectivity index (χ0n) is 16.9. The van der Waals surface area contributed by atoms with Crippen LogP contribution < -0.4 is 0 Å². The summed E-state index contributed by atoms with van der Waals surface area (Å²) in [6, 6.07) is 19.6. The Morgan fingerprint density at radius 2 is 1.25 bits per heavy atom. The molecule has 168 valence electrons. The van der Waals surface area contributed by atoms with E-state index in [0.29, 0.717) is 10.6 Å². The summed E-state index contributed by atoms with van der Waals surface area (Å²) in [5.41, 5.74) is 0.549. The standard InChI is InChI=1S/C23H20ClFO5S2/c1-30-22(17-14-18-12-15-19(24)16-13-18)23(25,31(26,27)20-8-4-2-5-9-20)32(28,29)21-10-6-3-7-11-21/h2-17,22H,1H3/b17-14+. The predicted molar refractivity (Wildman–Crippen MR) is 122 cm³/mol. The molecule has 0 heterocycles. The first-order valence-corrected chi connectivity index (χ1v) is 12.7. The van der Waals surface area contributed by atoms with Crippen molar-refractivity contribution in [2.75, 3.05) is 7.11 Å². The number of alkyl halides is 1. The van der Waals surface area contributed by atoms with Crippen molar-refractivity contribution in [3.05, 3.63) is 102 Å². The molecule has 0 saturated carbocycles. The van der Waals surface area contributed by atoms with E-state index in [4.69, 9.17) is 16.3 Å². The van der Waals surface area contributed by atoms with Crippen molar-refractivity contribution in [1.29, 1.82) is 0 Å². The van der Waals surface area contributed by atoms with Crippen LogP contribution >= 0.6 is 11.6 Å². The second-order valence-electron chi connectivity index (χ2n) is 6.78. The fourth-order valence-electron chi connectivity index (χ4n) is 3.08. The number of sulfone groups is 2. The zero-order chi connectivity index (χ0) is 23.4. The molecule has 1 unspecified atom stereocenters. The van der Waals surface area contributed by atoms with E-state index in [1.807, 2.05) is 0 Å². The van der Waals surface area contributed by atoms with Gasteiger partial charge in [0.1, 0.15) is 6.10 Å². The second-order valence-corrected chi connectivity index (χ2v) is 11.6. The summed E-state index contributed by atoms with van der Waals surface area (Å²) in [5, 5.41) is 0.476. The predicted octanol–water partition coefficient (Wildman–Crippen LogP) is 4.94. The molecule has 32 heavy (non-hydrogen) atoms. The summed E-state index contributed by atoms with van der Waals surface area (Å²) >= 11 is 5.86. The van der Waals surface area contributed by atoms with E-state index in [0.717, 1.165) is 37.5 Å². The molecule has 0 amide bonds. The Balaban J connectivity index is 2.23. The van der Waals surface area contributed by atoms with Gasteiger partial charge in [-0.2, -0.15) is 0 Å². The van der Waals surface area contributed by atoms with Crippen LogP contribution in [0, 0.1) is 0 Å². The van der Waals surface area contributed by atoms with Crippen LogP contribution in [0.25, 0.3) is 6.08 Å². The van der Waals surface area contributed by atoms with Crippen LogP contribution in [-0.4, -0.2) is 34.4 Å². The van der Waals surface area contributed by atoms with E-state index in [-0.39, 0.29) is 0 Å². The summed E-state index contributed by atoms with van der Waals surface area (Å²) in [6.45, 7) is 0. The highest BCUT2D eigenvalue weighted by molar-refractivity contribution is 8.10. The van der Waals surface area contributed by atoms with Gasteiger partial charge < -0.3 is 4.74 Å². The van der Waals surface area contributed by atoms with Gasteiger partial charge in [-0.25, -0.2) is 21.2 Å². The van der Waals surface area contributed by atoms with Gasteiger partial charge in [0.05, 0.1) is 9.79 Å². The molecular weight excluding hydrogens is 475 g/mol. The zero-order valence-corrected chi connectivity index (χ0v) is 19.3. The van der Waals surface area contributed by atoms with Crippen LogP contribution in [0.3, 0.4) is 0 Å². The first-order valence-electron chi connectivity index (χ1n) is 9.39. The van der Waals surface area contributed by atoms with Gasteiger partial charge in [0.25, 0.3) is 0 Å². The summed E-state index contributed by atoms with van der Waals surface area (Å²) in [4.78, 5) is -0.965. The lowest BCUT2D eigenvalue weighted by Crippen LogP contribution is -2.51. The minimum atomic E-state index is -5.08. The van der Waals surface area contributed by atoms with E-state index < -0.39 is 39.9 Å². The number of hydrogen-bond acceptors (Lipinski definition) is 5. The number of ether oxygens (including phenoxy) is 1. The van der Waals surface area contributed by atoms with Gasteiger partial charge in [-0.15, -0.1) is 0 Å². The minimum Gasteiger partial charge on any atom is -0.372 e. The summed E-state index contributed by atoms with van der Waals surface area (Å²) in [6.07, 6.45) is 0.470. The fourth-order valence-corrected chi connectivity index (χ4v) is 7.57. The van der Waals surface area contributed by atoms with E-state index in [9.17, 15) is 16.8 Å². The first kappa shape index (κ1) is 24.1. The molecule has 0 aliphatic heterocycles. The summed E-state index contributed by atoms with van der Waals surface area (Å²) in [7, 11) is -9.11. The number of rotatable bonds is 8. The van der Waals surface area contributed by atoms with Gasteiger partial charge in [-0.3, -0.25) is 0 Å². The lowest BCUT2D eigenvalue weighted by molar-refractivity contribution is 0.0805. The van der Waals surface area contributed by atoms with Gasteiger partial charge in [0.15, 0.2) is 0 Å². The van der Waals surface area contributed by atoms with Crippen molar-refractivity contribution in [1.82, 2.24) is 0 Å². The SMILES string of the molecule is COC(/C=C/c1ccc(Cl)cc1)C(F)(S(=O)(=O)c1ccccc1)S(=O)(=O)c1ccccc1. The van der Waals surface area contributed by atoms with Gasteiger partial charge in [0, 0.05) is 12.1 Å². The van der Waals surface area contributed by atoms with E-state index in [1.54, 1.807) is 36.4 Å². The molecule has 3 aromatic rings. The Bertz CT molecular complexity index is 1220. The molecule has 9 heteroatoms. The van der Waals surface area contributed by atoms with Crippen LogP contribution in [0.5, 0.6) is 0 Å². The van der Waals surface area contributed by atoms with E-state index in [1.165, 1.54) is 30.3 Å². The lowest BCUT2D eigenvalue weighted by atomic mass is 10.2. The fraction of sp³-hybridized carbons (Fsp3) is 0.130. The maximum absolute atomic E-state index is 16.8. The van der Waals surface area contributed by atoms with Crippen LogP contribution in [0.4, 0.5) is 4.39 Å². The Labute approximate surface area is 192 Å². The Hall–Kier alpha value is -2.52. The third-order valence-electron chi connectivity index (χ3n) is 4.77. The van der Waals surface area contributed by atoms with Crippen molar-refractivity contribution in [2.24, 2.45) is 0 Å². The topological polar surface area (TPSA) is 77.5 Å². The number of halogens is 2. The van der Waals surface area contributed by atoms with Crippen LogP contribution in [0.1, 0.15) is 5.56 Å². The molecule has 0 fully saturated rings. The summed E-state index contributed by atoms with van der Waals surface area (Å²) in [5.74, 6) is 0. The molecule has 0 aliphatic rings. The van der Waals surface area contributed by atoms with Crippen molar-refractivity contribution in [3.63, 3.8) is 0 Å². The smallest absolute Gasteiger partial charge is 0.346 e. The molecule has 0 saturated heterocycles. The monoisotopic (exact) mass is 494 g/mol. The third-order valence-corrected chi connectivity index (χ3v) is 10.1. The molecule has 5 nitrogen and oxygen atoms in total. The van der Waals surface area contributed by atoms with Crippen molar-refractivity contribution < 1.29 is 26.0 Å². The molecule has 0 N–H and O–H groups in total. The molecule has 0 spiro atoms.